The van der Waals surface area contributed by atoms with Crippen molar-refractivity contribution in [3.8, 4) is 0 Å². The normalized spacial score (nSPS) is 12.1. The van der Waals surface area contributed by atoms with Gasteiger partial charge in [-0.25, -0.2) is 4.74 Å². The molecule has 0 aliphatic rings. The number of aryl methyl sites for hydroxylation is 2. The maximum absolute atomic E-state index is 7.61. The maximum atomic E-state index is 7.61. The van der Waals surface area contributed by atoms with Gasteiger partial charge in [0, 0.05) is 48.9 Å². The summed E-state index contributed by atoms with van der Waals surface area (Å²) in [5.41, 5.74) is 8.93. The smallest absolute Gasteiger partial charge is 0.202 e. The van der Waals surface area contributed by atoms with Crippen LogP contribution in [0.25, 0.3) is 21.9 Å². The van der Waals surface area contributed by atoms with E-state index in [0.717, 1.165) is 43.9 Å². The van der Waals surface area contributed by atoms with Gasteiger partial charge in [-0.1, -0.05) is 167 Å². The highest BCUT2D eigenvalue weighted by molar-refractivity contribution is 7.88. The van der Waals surface area contributed by atoms with Crippen molar-refractivity contribution in [2.75, 3.05) is 0 Å². The molecular weight excluding hydrogens is 779 g/mol. The van der Waals surface area contributed by atoms with Crippen molar-refractivity contribution in [1.29, 1.82) is 0 Å². The highest BCUT2D eigenvalue weighted by Crippen LogP contribution is 2.52. The van der Waals surface area contributed by atoms with Crippen LogP contribution in [0, 0.1) is 13.8 Å². The number of hydrogen-bond acceptors (Lipinski definition) is 2. The maximum Gasteiger partial charge on any atom is 0.202 e. The van der Waals surface area contributed by atoms with Crippen LogP contribution in [0.5, 0.6) is 0 Å². The van der Waals surface area contributed by atoms with Crippen LogP contribution in [-0.2, 0) is 0 Å². The van der Waals surface area contributed by atoms with Crippen molar-refractivity contribution in [3.05, 3.63) is 216 Å². The molecular formula is C56H53N2OP2+. The Bertz CT molecular complexity index is 2820. The van der Waals surface area contributed by atoms with Crippen LogP contribution in [0.2, 0.25) is 0 Å². The van der Waals surface area contributed by atoms with E-state index in [-0.39, 0.29) is 0 Å². The molecule has 0 saturated carbocycles. The second-order valence-corrected chi connectivity index (χ2v) is 22.8. The Kier molecular flexibility index (Phi) is 11.1. The fourth-order valence-electron chi connectivity index (χ4n) is 8.78. The van der Waals surface area contributed by atoms with Gasteiger partial charge in [-0.15, -0.1) is 0 Å². The lowest BCUT2D eigenvalue weighted by Gasteiger charge is -2.27. The summed E-state index contributed by atoms with van der Waals surface area (Å²) >= 11 is 0. The first-order chi connectivity index (χ1) is 29.7. The van der Waals surface area contributed by atoms with Crippen molar-refractivity contribution in [2.45, 2.75) is 53.4 Å². The van der Waals surface area contributed by atoms with Crippen molar-refractivity contribution >= 4 is 79.2 Å². The molecule has 9 aromatic rings. The molecule has 0 aliphatic carbocycles. The van der Waals surface area contributed by atoms with Crippen molar-refractivity contribution < 1.29 is 9.16 Å². The van der Waals surface area contributed by atoms with E-state index in [0.29, 0.717) is 11.8 Å². The van der Waals surface area contributed by atoms with Gasteiger partial charge in [-0.3, -0.25) is 4.74 Å². The molecule has 3 nitrogen and oxygen atoms in total. The number of furan rings is 1. The van der Waals surface area contributed by atoms with Gasteiger partial charge in [0.25, 0.3) is 0 Å². The fourth-order valence-corrected chi connectivity index (χ4v) is 16.4. The van der Waals surface area contributed by atoms with Gasteiger partial charge in [0.15, 0.2) is 7.05 Å². The Morgan fingerprint density at radius 1 is 0.443 bits per heavy atom. The Hall–Kier alpha value is -5.98. The molecule has 0 radical (unpaired) electrons. The Morgan fingerprint density at radius 3 is 1.36 bits per heavy atom. The van der Waals surface area contributed by atoms with Gasteiger partial charge in [-0.2, -0.15) is 0 Å². The topological polar surface area (TPSA) is 39.5 Å². The predicted molar refractivity (Wildman–Crippen MR) is 264 cm³/mol. The summed E-state index contributed by atoms with van der Waals surface area (Å²) in [6.45, 7) is 13.4. The predicted octanol–water partition coefficient (Wildman–Crippen LogP) is 12.1. The summed E-state index contributed by atoms with van der Waals surface area (Å²) in [4.78, 5) is 0. The summed E-state index contributed by atoms with van der Waals surface area (Å²) in [5, 5.41) is 9.25. The zero-order valence-corrected chi connectivity index (χ0v) is 37.7. The molecule has 0 bridgehead atoms. The van der Waals surface area contributed by atoms with E-state index in [9.17, 15) is 0 Å². The van der Waals surface area contributed by atoms with Gasteiger partial charge in [-0.05, 0) is 90.9 Å². The SMILES string of the molecule is Cc1cc(C(C)C)ccc1N=P(c1ccccc1)(c1ccccc1)c1cccc2c1oc1c(P(=[NH+]c3ccc(C(C)C)cc3C)(c3ccccc3)c3ccccc3)cccc12. The molecule has 9 rings (SSSR count). The largest absolute Gasteiger partial charge is 0.454 e. The molecule has 5 heteroatoms. The molecule has 1 N–H and O–H groups in total. The van der Waals surface area contributed by atoms with E-state index >= 15 is 0 Å². The van der Waals surface area contributed by atoms with Crippen LogP contribution >= 0.6 is 14.1 Å². The average molecular weight is 832 g/mol. The number of para-hydroxylation sites is 2. The molecule has 1 aromatic heterocycles. The molecule has 0 spiro atoms. The monoisotopic (exact) mass is 831 g/mol. The summed E-state index contributed by atoms with van der Waals surface area (Å²) < 4.78 is 17.9. The van der Waals surface area contributed by atoms with Crippen LogP contribution in [-0.4, -0.2) is 0 Å². The van der Waals surface area contributed by atoms with Crippen LogP contribution in [0.4, 0.5) is 11.4 Å². The minimum atomic E-state index is -2.76. The summed E-state index contributed by atoms with van der Waals surface area (Å²) in [6, 6.07) is 70.9. The standard InChI is InChI=1S/C56H52N2OP2/c1-39(2)43-33-35-51(41(5)37-43)57-60(45-21-11-7-12-22-45,46-23-13-8-14-24-46)53-31-19-29-49-50-30-20-32-54(56(50)59-55(49)53)61(47-25-15-9-16-26-47,48-27-17-10-18-28-48)58-52-36-34-44(40(3)4)38-42(52)6/h7-40H,1-6H3/p+1. The fraction of sp³-hybridized carbons (Fsp3) is 0.143. The first kappa shape index (κ1) is 40.4. The van der Waals surface area contributed by atoms with E-state index in [4.69, 9.17) is 9.16 Å². The first-order valence-electron chi connectivity index (χ1n) is 21.4. The van der Waals surface area contributed by atoms with E-state index in [1.807, 2.05) is 0 Å². The van der Waals surface area contributed by atoms with E-state index < -0.39 is 14.1 Å². The third-order valence-electron chi connectivity index (χ3n) is 12.1. The molecule has 302 valence electrons. The van der Waals surface area contributed by atoms with Crippen molar-refractivity contribution in [3.63, 3.8) is 0 Å². The second-order valence-electron chi connectivity index (χ2n) is 16.7. The first-order valence-corrected chi connectivity index (χ1v) is 24.9. The molecule has 0 amide bonds. The molecule has 0 saturated heterocycles. The van der Waals surface area contributed by atoms with Gasteiger partial charge in [0.05, 0.1) is 18.0 Å². The summed E-state index contributed by atoms with van der Waals surface area (Å²) in [6.07, 6.45) is 0. The molecule has 8 aromatic carbocycles. The van der Waals surface area contributed by atoms with Crippen LogP contribution < -0.4 is 36.6 Å². The van der Waals surface area contributed by atoms with Crippen LogP contribution in [0.15, 0.2) is 203 Å². The zero-order valence-electron chi connectivity index (χ0n) is 35.9. The third-order valence-corrected chi connectivity index (χ3v) is 19.5. The highest BCUT2D eigenvalue weighted by Gasteiger charge is 2.38. The highest BCUT2D eigenvalue weighted by atomic mass is 31.2. The molecule has 0 unspecified atom stereocenters. The lowest BCUT2D eigenvalue weighted by atomic mass is 10.0. The molecule has 0 fully saturated rings. The summed E-state index contributed by atoms with van der Waals surface area (Å²) in [7, 11) is -5.41. The third kappa shape index (κ3) is 7.25. The molecule has 61 heavy (non-hydrogen) atoms. The Labute approximate surface area is 361 Å². The van der Waals surface area contributed by atoms with Crippen LogP contribution in [0.3, 0.4) is 0 Å². The number of benzene rings is 8. The number of hydrogen-bond donors (Lipinski definition) is 1. The van der Waals surface area contributed by atoms with Crippen LogP contribution in [0.1, 0.15) is 61.8 Å². The van der Waals surface area contributed by atoms with E-state index in [2.05, 4.69) is 240 Å². The lowest BCUT2D eigenvalue weighted by molar-refractivity contribution is -0.327. The summed E-state index contributed by atoms with van der Waals surface area (Å²) in [5.74, 6) is 0.861. The minimum absolute atomic E-state index is 0.425. The van der Waals surface area contributed by atoms with Gasteiger partial charge in [0.1, 0.15) is 11.2 Å². The lowest BCUT2D eigenvalue weighted by Crippen LogP contribution is -2.65. The molecule has 0 aliphatic heterocycles. The number of nitrogens with zero attached hydrogens (tertiary/aromatic N) is 1. The van der Waals surface area contributed by atoms with Gasteiger partial charge >= 0.3 is 0 Å². The second kappa shape index (κ2) is 16.8. The zero-order chi connectivity index (χ0) is 42.1. The Balaban J connectivity index is 1.43. The molecule has 0 atom stereocenters. The quantitative estimate of drug-likeness (QED) is 0.137. The Morgan fingerprint density at radius 2 is 0.885 bits per heavy atom. The van der Waals surface area contributed by atoms with Crippen molar-refractivity contribution in [1.82, 2.24) is 0 Å². The molecule has 1 heterocycles. The number of rotatable bonds is 10. The number of nitrogens with one attached hydrogen (secondary N) is 1. The average Bonchev–Trinajstić information content (AvgIpc) is 3.69. The van der Waals surface area contributed by atoms with E-state index in [1.54, 1.807) is 0 Å². The van der Waals surface area contributed by atoms with Gasteiger partial charge in [0.2, 0.25) is 5.69 Å². The number of fused-ring (bicyclic) bond motifs is 3. The van der Waals surface area contributed by atoms with E-state index in [1.165, 1.54) is 43.5 Å². The van der Waals surface area contributed by atoms with Gasteiger partial charge < -0.3 is 4.42 Å². The minimum Gasteiger partial charge on any atom is -0.454 e. The van der Waals surface area contributed by atoms with Crippen molar-refractivity contribution in [2.24, 2.45) is 4.74 Å².